The average molecular weight is 473 g/mol. The van der Waals surface area contributed by atoms with E-state index in [2.05, 4.69) is 4.74 Å². The van der Waals surface area contributed by atoms with Gasteiger partial charge in [-0.15, -0.1) is 0 Å². The van der Waals surface area contributed by atoms with Crippen LogP contribution in [0.1, 0.15) is 124 Å². The summed E-state index contributed by atoms with van der Waals surface area (Å²) in [4.78, 5) is 45.2. The van der Waals surface area contributed by atoms with E-state index in [4.69, 9.17) is 14.2 Å². The van der Waals surface area contributed by atoms with Crippen LogP contribution in [0.5, 0.6) is 0 Å². The molecule has 0 atom stereocenters. The molecular formula is C25H44O8. The molecule has 0 fully saturated rings. The Hall–Kier alpha value is -2.12. The van der Waals surface area contributed by atoms with Crippen LogP contribution in [-0.2, 0) is 38.1 Å². The van der Waals surface area contributed by atoms with Gasteiger partial charge in [0.15, 0.2) is 0 Å². The van der Waals surface area contributed by atoms with E-state index in [0.29, 0.717) is 12.8 Å². The third-order valence-electron chi connectivity index (χ3n) is 5.24. The first-order chi connectivity index (χ1) is 15.7. The van der Waals surface area contributed by atoms with Crippen molar-refractivity contribution in [1.29, 1.82) is 0 Å². The van der Waals surface area contributed by atoms with E-state index in [-0.39, 0.29) is 12.4 Å². The van der Waals surface area contributed by atoms with E-state index in [1.807, 2.05) is 0 Å². The van der Waals surface area contributed by atoms with Crippen LogP contribution in [0.15, 0.2) is 0 Å². The molecule has 8 heteroatoms. The summed E-state index contributed by atoms with van der Waals surface area (Å²) in [5.41, 5.74) is 0. The molecule has 0 unspecified atom stereocenters. The molecule has 0 spiro atoms. The van der Waals surface area contributed by atoms with Gasteiger partial charge in [0, 0.05) is 27.2 Å². The van der Waals surface area contributed by atoms with Gasteiger partial charge in [-0.05, 0) is 12.8 Å². The van der Waals surface area contributed by atoms with Gasteiger partial charge in [-0.25, -0.2) is 0 Å². The van der Waals surface area contributed by atoms with Crippen LogP contribution >= 0.6 is 0 Å². The minimum absolute atomic E-state index is 0.117. The number of esters is 4. The maximum absolute atomic E-state index is 11.4. The van der Waals surface area contributed by atoms with Crippen LogP contribution in [0.4, 0.5) is 0 Å². The highest BCUT2D eigenvalue weighted by atomic mass is 16.9. The molecule has 0 saturated heterocycles. The second-order valence-electron chi connectivity index (χ2n) is 8.49. The van der Waals surface area contributed by atoms with Gasteiger partial charge in [-0.1, -0.05) is 77.0 Å². The average Bonchev–Trinajstić information content (AvgIpc) is 2.71. The highest BCUT2D eigenvalue weighted by Gasteiger charge is 2.41. The minimum atomic E-state index is -1.97. The Balaban J connectivity index is 3.77. The van der Waals surface area contributed by atoms with E-state index < -0.39 is 23.9 Å². The van der Waals surface area contributed by atoms with Crippen LogP contribution in [0.25, 0.3) is 0 Å². The van der Waals surface area contributed by atoms with Crippen molar-refractivity contribution < 1.29 is 38.1 Å². The van der Waals surface area contributed by atoms with Crippen molar-refractivity contribution >= 4 is 23.9 Å². The second-order valence-corrected chi connectivity index (χ2v) is 8.49. The molecule has 0 aliphatic rings. The van der Waals surface area contributed by atoms with E-state index >= 15 is 0 Å². The van der Waals surface area contributed by atoms with Crippen LogP contribution < -0.4 is 0 Å². The molecule has 0 N–H and O–H groups in total. The van der Waals surface area contributed by atoms with Crippen molar-refractivity contribution in [2.75, 3.05) is 7.11 Å². The van der Waals surface area contributed by atoms with Crippen molar-refractivity contribution in [3.63, 3.8) is 0 Å². The number of carbonyl (C=O) groups is 4. The summed E-state index contributed by atoms with van der Waals surface area (Å²) >= 11 is 0. The summed E-state index contributed by atoms with van der Waals surface area (Å²) in [5, 5.41) is 0. The van der Waals surface area contributed by atoms with E-state index in [9.17, 15) is 19.2 Å². The molecule has 33 heavy (non-hydrogen) atoms. The number of rotatable bonds is 20. The zero-order valence-corrected chi connectivity index (χ0v) is 21.1. The molecule has 0 heterocycles. The van der Waals surface area contributed by atoms with E-state index in [0.717, 1.165) is 32.1 Å². The SMILES string of the molecule is COC(=O)CCCCCCCCCCCCCCCCC(OC(C)=O)(OC(C)=O)OC(C)=O. The molecule has 0 amide bonds. The number of hydrogen-bond donors (Lipinski definition) is 0. The van der Waals surface area contributed by atoms with Gasteiger partial charge < -0.3 is 18.9 Å². The molecule has 0 aliphatic carbocycles. The first-order valence-electron chi connectivity index (χ1n) is 12.4. The van der Waals surface area contributed by atoms with Crippen molar-refractivity contribution in [2.45, 2.75) is 129 Å². The number of unbranched alkanes of at least 4 members (excludes halogenated alkanes) is 13. The van der Waals surface area contributed by atoms with Crippen molar-refractivity contribution in [3.05, 3.63) is 0 Å². The van der Waals surface area contributed by atoms with Gasteiger partial charge in [-0.2, -0.15) is 0 Å². The predicted octanol–water partition coefficient (Wildman–Crippen LogP) is 5.74. The minimum Gasteiger partial charge on any atom is -0.469 e. The third-order valence-corrected chi connectivity index (χ3v) is 5.24. The fraction of sp³-hybridized carbons (Fsp3) is 0.840. The van der Waals surface area contributed by atoms with Crippen molar-refractivity contribution in [3.8, 4) is 0 Å². The Morgan fingerprint density at radius 1 is 0.515 bits per heavy atom. The Labute approximate surface area is 199 Å². The first-order valence-corrected chi connectivity index (χ1v) is 12.4. The first kappa shape index (κ1) is 30.9. The zero-order valence-electron chi connectivity index (χ0n) is 21.1. The summed E-state index contributed by atoms with van der Waals surface area (Å²) in [6.07, 6.45) is 16.1. The summed E-state index contributed by atoms with van der Waals surface area (Å²) in [6.45, 7) is 3.53. The number of methoxy groups -OCH3 is 1. The largest absolute Gasteiger partial charge is 0.469 e. The van der Waals surface area contributed by atoms with Crippen LogP contribution in [0.2, 0.25) is 0 Å². The van der Waals surface area contributed by atoms with Gasteiger partial charge in [0.2, 0.25) is 0 Å². The summed E-state index contributed by atoms with van der Waals surface area (Å²) in [7, 11) is 1.43. The molecule has 0 rings (SSSR count). The monoisotopic (exact) mass is 472 g/mol. The van der Waals surface area contributed by atoms with Crippen molar-refractivity contribution in [2.24, 2.45) is 0 Å². The maximum atomic E-state index is 11.4. The molecule has 192 valence electrons. The Morgan fingerprint density at radius 3 is 1.12 bits per heavy atom. The Kier molecular flexibility index (Phi) is 18.1. The lowest BCUT2D eigenvalue weighted by molar-refractivity contribution is -0.330. The molecule has 0 bridgehead atoms. The van der Waals surface area contributed by atoms with E-state index in [1.54, 1.807) is 0 Å². The molecule has 0 aliphatic heterocycles. The van der Waals surface area contributed by atoms with Gasteiger partial charge in [-0.3, -0.25) is 19.2 Å². The smallest absolute Gasteiger partial charge is 0.423 e. The van der Waals surface area contributed by atoms with Gasteiger partial charge >= 0.3 is 29.9 Å². The summed E-state index contributed by atoms with van der Waals surface area (Å²) in [6, 6.07) is 0. The standard InChI is InChI=1S/C25H44O8/c1-21(26)31-25(32-22(2)27,33-23(3)28)20-18-16-14-12-10-8-6-5-7-9-11-13-15-17-19-24(29)30-4/h5-20H2,1-4H3. The quantitative estimate of drug-likeness (QED) is 0.125. The van der Waals surface area contributed by atoms with Gasteiger partial charge in [0.05, 0.1) is 13.5 Å². The molecule has 0 saturated carbocycles. The van der Waals surface area contributed by atoms with Crippen LogP contribution in [-0.4, -0.2) is 37.0 Å². The Bertz CT molecular complexity index is 532. The normalized spacial score (nSPS) is 11.0. The number of hydrogen-bond acceptors (Lipinski definition) is 8. The lowest BCUT2D eigenvalue weighted by Gasteiger charge is -2.30. The topological polar surface area (TPSA) is 105 Å². The fourth-order valence-electron chi connectivity index (χ4n) is 3.71. The highest BCUT2D eigenvalue weighted by molar-refractivity contribution is 5.70. The van der Waals surface area contributed by atoms with Gasteiger partial charge in [0.1, 0.15) is 0 Å². The summed E-state index contributed by atoms with van der Waals surface area (Å²) < 4.78 is 19.8. The van der Waals surface area contributed by atoms with Crippen LogP contribution in [0.3, 0.4) is 0 Å². The molecule has 0 aromatic heterocycles. The zero-order chi connectivity index (χ0) is 25.0. The maximum Gasteiger partial charge on any atom is 0.423 e. The second kappa shape index (κ2) is 19.4. The number of ether oxygens (including phenoxy) is 4. The molecule has 8 nitrogen and oxygen atoms in total. The Morgan fingerprint density at radius 2 is 0.818 bits per heavy atom. The highest BCUT2D eigenvalue weighted by Crippen LogP contribution is 2.25. The molecule has 0 aromatic carbocycles. The van der Waals surface area contributed by atoms with E-state index in [1.165, 1.54) is 79.2 Å². The van der Waals surface area contributed by atoms with Crippen LogP contribution in [0, 0.1) is 0 Å². The lowest BCUT2D eigenvalue weighted by Crippen LogP contribution is -2.43. The molecular weight excluding hydrogens is 428 g/mol. The number of carbonyl (C=O) groups excluding carboxylic acids is 4. The molecule has 0 aromatic rings. The van der Waals surface area contributed by atoms with Gasteiger partial charge in [0.25, 0.3) is 0 Å². The lowest BCUT2D eigenvalue weighted by atomic mass is 10.0. The molecule has 0 radical (unpaired) electrons. The van der Waals surface area contributed by atoms with Crippen molar-refractivity contribution in [1.82, 2.24) is 0 Å². The third kappa shape index (κ3) is 19.1. The predicted molar refractivity (Wildman–Crippen MR) is 124 cm³/mol. The summed E-state index contributed by atoms with van der Waals surface area (Å²) in [5.74, 6) is -4.14. The fourth-order valence-corrected chi connectivity index (χ4v) is 3.71.